The van der Waals surface area contributed by atoms with E-state index in [2.05, 4.69) is 30.2 Å². The minimum absolute atomic E-state index is 0.418. The Labute approximate surface area is 118 Å². The van der Waals surface area contributed by atoms with E-state index in [4.69, 9.17) is 0 Å². The van der Waals surface area contributed by atoms with E-state index in [9.17, 15) is 0 Å². The number of nitrogens with one attached hydrogen (secondary N) is 1. The molecule has 2 nitrogen and oxygen atoms in total. The van der Waals surface area contributed by atoms with Crippen LogP contribution in [0.15, 0.2) is 24.5 Å². The topological polar surface area (TPSA) is 24.9 Å². The first kappa shape index (κ1) is 14.5. The molecule has 0 aliphatic heterocycles. The minimum atomic E-state index is 0.418. The minimum Gasteiger partial charge on any atom is -0.307 e. The van der Waals surface area contributed by atoms with Crippen LogP contribution in [-0.4, -0.2) is 11.0 Å². The Kier molecular flexibility index (Phi) is 5.84. The van der Waals surface area contributed by atoms with E-state index in [1.54, 1.807) is 0 Å². The third-order valence-corrected chi connectivity index (χ3v) is 4.46. The van der Waals surface area contributed by atoms with Crippen LogP contribution in [0.3, 0.4) is 0 Å². The van der Waals surface area contributed by atoms with Crippen LogP contribution in [-0.2, 0) is 0 Å². The van der Waals surface area contributed by atoms with Crippen molar-refractivity contribution in [3.63, 3.8) is 0 Å². The smallest absolute Gasteiger partial charge is 0.0315 e. The Balaban J connectivity index is 1.83. The Bertz CT molecular complexity index is 350. The first-order chi connectivity index (χ1) is 9.29. The molecule has 0 radical (unpaired) electrons. The highest BCUT2D eigenvalue weighted by molar-refractivity contribution is 5.13. The zero-order chi connectivity index (χ0) is 13.5. The van der Waals surface area contributed by atoms with E-state index in [0.29, 0.717) is 12.1 Å². The van der Waals surface area contributed by atoms with Gasteiger partial charge in [0.05, 0.1) is 0 Å². The summed E-state index contributed by atoms with van der Waals surface area (Å²) in [4.78, 5) is 4.21. The molecule has 2 heteroatoms. The fraction of sp³-hybridized carbons (Fsp3) is 0.706. The number of rotatable bonds is 5. The molecule has 1 heterocycles. The number of pyridine rings is 1. The average Bonchev–Trinajstić information content (AvgIpc) is 2.66. The molecule has 0 bridgehead atoms. The molecule has 1 aliphatic carbocycles. The number of hydrogen-bond acceptors (Lipinski definition) is 2. The molecule has 1 aromatic rings. The summed E-state index contributed by atoms with van der Waals surface area (Å²) < 4.78 is 0. The third kappa shape index (κ3) is 4.61. The van der Waals surface area contributed by atoms with Gasteiger partial charge >= 0.3 is 0 Å². The van der Waals surface area contributed by atoms with Gasteiger partial charge in [0.1, 0.15) is 0 Å². The summed E-state index contributed by atoms with van der Waals surface area (Å²) in [7, 11) is 0. The Morgan fingerprint density at radius 3 is 2.95 bits per heavy atom. The molecule has 1 aromatic heterocycles. The van der Waals surface area contributed by atoms with Gasteiger partial charge in [-0.15, -0.1) is 0 Å². The lowest BCUT2D eigenvalue weighted by Gasteiger charge is -2.22. The van der Waals surface area contributed by atoms with Crippen LogP contribution in [0.5, 0.6) is 0 Å². The van der Waals surface area contributed by atoms with E-state index in [1.807, 2.05) is 18.5 Å². The van der Waals surface area contributed by atoms with Crippen LogP contribution in [0.4, 0.5) is 0 Å². The van der Waals surface area contributed by atoms with Crippen molar-refractivity contribution in [2.24, 2.45) is 5.92 Å². The van der Waals surface area contributed by atoms with Gasteiger partial charge in [0.2, 0.25) is 0 Å². The summed E-state index contributed by atoms with van der Waals surface area (Å²) in [5.41, 5.74) is 1.30. The molecule has 0 aromatic carbocycles. The molecule has 2 rings (SSSR count). The highest BCUT2D eigenvalue weighted by Gasteiger charge is 2.19. The molecule has 106 valence electrons. The molecule has 1 N–H and O–H groups in total. The van der Waals surface area contributed by atoms with Crippen molar-refractivity contribution in [2.45, 2.75) is 70.9 Å². The molecule has 0 saturated heterocycles. The lowest BCUT2D eigenvalue weighted by molar-refractivity contribution is 0.392. The Hall–Kier alpha value is -0.890. The second-order valence-corrected chi connectivity index (χ2v) is 6.03. The third-order valence-electron chi connectivity index (χ3n) is 4.46. The quantitative estimate of drug-likeness (QED) is 0.789. The largest absolute Gasteiger partial charge is 0.307 e. The maximum atomic E-state index is 4.21. The van der Waals surface area contributed by atoms with Gasteiger partial charge in [-0.3, -0.25) is 4.98 Å². The molecule has 1 saturated carbocycles. The van der Waals surface area contributed by atoms with Crippen LogP contribution in [0.1, 0.15) is 70.4 Å². The highest BCUT2D eigenvalue weighted by atomic mass is 14.9. The summed E-state index contributed by atoms with van der Waals surface area (Å²) in [6.07, 6.45) is 13.5. The molecule has 0 amide bonds. The van der Waals surface area contributed by atoms with Crippen molar-refractivity contribution < 1.29 is 0 Å². The van der Waals surface area contributed by atoms with E-state index < -0.39 is 0 Å². The van der Waals surface area contributed by atoms with Gasteiger partial charge in [0, 0.05) is 24.5 Å². The molecular formula is C17H28N2. The van der Waals surface area contributed by atoms with E-state index in [1.165, 1.54) is 50.5 Å². The molecule has 19 heavy (non-hydrogen) atoms. The summed E-state index contributed by atoms with van der Waals surface area (Å²) in [5, 5.41) is 3.80. The second kappa shape index (κ2) is 7.64. The van der Waals surface area contributed by atoms with Crippen LogP contribution < -0.4 is 5.32 Å². The van der Waals surface area contributed by atoms with Crippen LogP contribution in [0.2, 0.25) is 0 Å². The average molecular weight is 260 g/mol. The maximum absolute atomic E-state index is 4.21. The standard InChI is InChI=1S/C17H28N2/c1-3-6-15-7-4-9-17(11-10-15)19-14(2)16-8-5-12-18-13-16/h5,8,12-15,17,19H,3-4,6-7,9-11H2,1-2H3/t14-,15?,17?/m0/s1. The second-order valence-electron chi connectivity index (χ2n) is 6.03. The zero-order valence-electron chi connectivity index (χ0n) is 12.4. The van der Waals surface area contributed by atoms with Crippen LogP contribution in [0, 0.1) is 5.92 Å². The lowest BCUT2D eigenvalue weighted by Crippen LogP contribution is -2.31. The summed E-state index contributed by atoms with van der Waals surface area (Å²) in [6, 6.07) is 5.30. The van der Waals surface area contributed by atoms with Gasteiger partial charge in [-0.2, -0.15) is 0 Å². The van der Waals surface area contributed by atoms with E-state index in [-0.39, 0.29) is 0 Å². The van der Waals surface area contributed by atoms with Crippen LogP contribution >= 0.6 is 0 Å². The fourth-order valence-corrected chi connectivity index (χ4v) is 3.32. The molecule has 2 unspecified atom stereocenters. The number of nitrogens with zero attached hydrogens (tertiary/aromatic N) is 1. The van der Waals surface area contributed by atoms with Gasteiger partial charge in [-0.25, -0.2) is 0 Å². The van der Waals surface area contributed by atoms with Crippen molar-refractivity contribution in [2.75, 3.05) is 0 Å². The van der Waals surface area contributed by atoms with Crippen molar-refractivity contribution in [3.8, 4) is 0 Å². The first-order valence-electron chi connectivity index (χ1n) is 7.95. The number of hydrogen-bond donors (Lipinski definition) is 1. The van der Waals surface area contributed by atoms with Gasteiger partial charge in [0.25, 0.3) is 0 Å². The van der Waals surface area contributed by atoms with E-state index in [0.717, 1.165) is 5.92 Å². The fourth-order valence-electron chi connectivity index (χ4n) is 3.32. The van der Waals surface area contributed by atoms with Crippen molar-refractivity contribution in [3.05, 3.63) is 30.1 Å². The van der Waals surface area contributed by atoms with Gasteiger partial charge in [0.15, 0.2) is 0 Å². The predicted octanol–water partition coefficient (Wildman–Crippen LogP) is 4.48. The molecular weight excluding hydrogens is 232 g/mol. The molecule has 3 atom stereocenters. The normalized spacial score (nSPS) is 25.8. The predicted molar refractivity (Wildman–Crippen MR) is 81.1 cm³/mol. The highest BCUT2D eigenvalue weighted by Crippen LogP contribution is 2.27. The number of aromatic nitrogens is 1. The van der Waals surface area contributed by atoms with Gasteiger partial charge in [-0.05, 0) is 43.7 Å². The first-order valence-corrected chi connectivity index (χ1v) is 7.95. The molecule has 1 fully saturated rings. The summed E-state index contributed by atoms with van der Waals surface area (Å²) >= 11 is 0. The maximum Gasteiger partial charge on any atom is 0.0315 e. The summed E-state index contributed by atoms with van der Waals surface area (Å²) in [5.74, 6) is 0.977. The van der Waals surface area contributed by atoms with E-state index >= 15 is 0 Å². The SMILES string of the molecule is CCCC1CCCC(N[C@@H](C)c2cccnc2)CC1. The van der Waals surface area contributed by atoms with Crippen LogP contribution in [0.25, 0.3) is 0 Å². The van der Waals surface area contributed by atoms with Gasteiger partial charge in [-0.1, -0.05) is 38.7 Å². The van der Waals surface area contributed by atoms with Crippen molar-refractivity contribution in [1.29, 1.82) is 0 Å². The Morgan fingerprint density at radius 2 is 2.21 bits per heavy atom. The summed E-state index contributed by atoms with van der Waals surface area (Å²) in [6.45, 7) is 4.57. The molecule has 0 spiro atoms. The Morgan fingerprint density at radius 1 is 1.32 bits per heavy atom. The zero-order valence-corrected chi connectivity index (χ0v) is 12.4. The monoisotopic (exact) mass is 260 g/mol. The van der Waals surface area contributed by atoms with Crippen molar-refractivity contribution >= 4 is 0 Å². The van der Waals surface area contributed by atoms with Crippen molar-refractivity contribution in [1.82, 2.24) is 10.3 Å². The molecule has 1 aliphatic rings. The van der Waals surface area contributed by atoms with Gasteiger partial charge < -0.3 is 5.32 Å². The lowest BCUT2D eigenvalue weighted by atomic mass is 9.95.